The minimum absolute atomic E-state index is 0.654. The molecule has 1 rings (SSSR count). The first-order valence-electron chi connectivity index (χ1n) is 4.83. The van der Waals surface area contributed by atoms with Crippen molar-refractivity contribution in [2.24, 2.45) is 0 Å². The van der Waals surface area contributed by atoms with E-state index in [1.165, 1.54) is 0 Å². The van der Waals surface area contributed by atoms with Crippen LogP contribution in [0.15, 0.2) is 18.3 Å². The minimum Gasteiger partial charge on any atom is -0.481 e. The average Bonchev–Trinajstić information content (AvgIpc) is 2.26. The van der Waals surface area contributed by atoms with Crippen LogP contribution >= 0.6 is 0 Å². The summed E-state index contributed by atoms with van der Waals surface area (Å²) in [6.45, 7) is 0. The molecule has 0 spiro atoms. The summed E-state index contributed by atoms with van der Waals surface area (Å²) in [6.07, 6.45) is -8.57. The van der Waals surface area contributed by atoms with E-state index in [4.69, 9.17) is 5.11 Å². The molecule has 0 aliphatic carbocycles. The average molecular weight is 265 g/mol. The largest absolute Gasteiger partial charge is 0.481 e. The van der Waals surface area contributed by atoms with Crippen LogP contribution in [-0.4, -0.2) is 32.4 Å². The second kappa shape index (κ2) is 5.32. The van der Waals surface area contributed by atoms with Gasteiger partial charge in [-0.3, -0.25) is 9.78 Å². The van der Waals surface area contributed by atoms with Crippen molar-refractivity contribution in [1.82, 2.24) is 4.98 Å². The van der Waals surface area contributed by atoms with Gasteiger partial charge in [-0.05, 0) is 6.07 Å². The Bertz CT molecular complexity index is 435. The Labute approximate surface area is 99.5 Å². The fourth-order valence-corrected chi connectivity index (χ4v) is 1.39. The molecule has 5 nitrogen and oxygen atoms in total. The molecule has 0 bridgehead atoms. The number of halogens is 3. The van der Waals surface area contributed by atoms with Gasteiger partial charge in [-0.15, -0.1) is 0 Å². The lowest BCUT2D eigenvalue weighted by Gasteiger charge is -2.19. The van der Waals surface area contributed by atoms with Crippen molar-refractivity contribution < 1.29 is 33.3 Å². The number of nitrogens with zero attached hydrogens (tertiary/aromatic N) is 1. The maximum Gasteiger partial charge on any atom is 0.433 e. The number of rotatable bonds is 4. The molecule has 1 heterocycles. The molecule has 0 aliphatic rings. The van der Waals surface area contributed by atoms with Gasteiger partial charge in [0, 0.05) is 11.8 Å². The predicted octanol–water partition coefficient (Wildman–Crippen LogP) is 0.969. The molecule has 1 aromatic heterocycles. The Morgan fingerprint density at radius 3 is 2.50 bits per heavy atom. The SMILES string of the molecule is O=C(O)CC(O)C(O)c1cccnc1C(F)(F)F. The number of aliphatic hydroxyl groups excluding tert-OH is 2. The zero-order chi connectivity index (χ0) is 13.9. The van der Waals surface area contributed by atoms with E-state index in [1.54, 1.807) is 0 Å². The molecule has 1 aromatic rings. The Balaban J connectivity index is 3.06. The third-order valence-electron chi connectivity index (χ3n) is 2.17. The van der Waals surface area contributed by atoms with Crippen LogP contribution in [0.5, 0.6) is 0 Å². The molecule has 0 amide bonds. The van der Waals surface area contributed by atoms with Gasteiger partial charge >= 0.3 is 12.1 Å². The smallest absolute Gasteiger partial charge is 0.433 e. The number of aromatic nitrogens is 1. The van der Waals surface area contributed by atoms with E-state index in [9.17, 15) is 28.2 Å². The molecule has 3 N–H and O–H groups in total. The molecule has 0 saturated carbocycles. The topological polar surface area (TPSA) is 90.7 Å². The first kappa shape index (κ1) is 14.4. The van der Waals surface area contributed by atoms with Gasteiger partial charge in [0.05, 0.1) is 12.5 Å². The summed E-state index contributed by atoms with van der Waals surface area (Å²) < 4.78 is 37.7. The number of aliphatic hydroxyl groups is 2. The van der Waals surface area contributed by atoms with Crippen molar-refractivity contribution in [3.05, 3.63) is 29.6 Å². The van der Waals surface area contributed by atoms with Crippen molar-refractivity contribution in [2.45, 2.75) is 24.8 Å². The summed E-state index contributed by atoms with van der Waals surface area (Å²) >= 11 is 0. The molecule has 18 heavy (non-hydrogen) atoms. The van der Waals surface area contributed by atoms with E-state index in [-0.39, 0.29) is 0 Å². The second-order valence-electron chi connectivity index (χ2n) is 3.55. The fourth-order valence-electron chi connectivity index (χ4n) is 1.39. The molecule has 100 valence electrons. The Morgan fingerprint density at radius 2 is 2.00 bits per heavy atom. The second-order valence-corrected chi connectivity index (χ2v) is 3.55. The van der Waals surface area contributed by atoms with Crippen LogP contribution in [0.2, 0.25) is 0 Å². The van der Waals surface area contributed by atoms with Crippen LogP contribution < -0.4 is 0 Å². The van der Waals surface area contributed by atoms with Crippen LogP contribution in [0.4, 0.5) is 13.2 Å². The van der Waals surface area contributed by atoms with Gasteiger partial charge in [0.1, 0.15) is 11.8 Å². The maximum absolute atomic E-state index is 12.6. The van der Waals surface area contributed by atoms with Crippen molar-refractivity contribution in [2.75, 3.05) is 0 Å². The van der Waals surface area contributed by atoms with Crippen LogP contribution in [0.1, 0.15) is 23.8 Å². The standard InChI is InChI=1S/C10H10F3NO4/c11-10(12,13)9-5(2-1-3-14-9)8(18)6(15)4-7(16)17/h1-3,6,8,15,18H,4H2,(H,16,17). The molecular formula is C10H10F3NO4. The summed E-state index contributed by atoms with van der Waals surface area (Å²) in [6, 6.07) is 2.09. The third-order valence-corrected chi connectivity index (χ3v) is 2.17. The summed E-state index contributed by atoms with van der Waals surface area (Å²) in [4.78, 5) is 13.4. The van der Waals surface area contributed by atoms with Crippen LogP contribution in [0, 0.1) is 0 Å². The molecule has 0 aromatic carbocycles. The van der Waals surface area contributed by atoms with E-state index in [1.807, 2.05) is 0 Å². The highest BCUT2D eigenvalue weighted by atomic mass is 19.4. The van der Waals surface area contributed by atoms with Crippen molar-refractivity contribution in [1.29, 1.82) is 0 Å². The lowest BCUT2D eigenvalue weighted by atomic mass is 10.0. The minimum atomic E-state index is -4.79. The van der Waals surface area contributed by atoms with Gasteiger partial charge in [0.25, 0.3) is 0 Å². The summed E-state index contributed by atoms with van der Waals surface area (Å²) in [5.74, 6) is -1.43. The van der Waals surface area contributed by atoms with E-state index in [0.29, 0.717) is 0 Å². The molecule has 0 saturated heterocycles. The quantitative estimate of drug-likeness (QED) is 0.754. The summed E-state index contributed by atoms with van der Waals surface area (Å²) in [5, 5.41) is 27.2. The monoisotopic (exact) mass is 265 g/mol. The first-order valence-corrected chi connectivity index (χ1v) is 4.83. The van der Waals surface area contributed by atoms with Gasteiger partial charge in [-0.25, -0.2) is 0 Å². The number of hydrogen-bond donors (Lipinski definition) is 3. The Morgan fingerprint density at radius 1 is 1.39 bits per heavy atom. The predicted molar refractivity (Wildman–Crippen MR) is 52.5 cm³/mol. The van der Waals surface area contributed by atoms with Crippen molar-refractivity contribution >= 4 is 5.97 Å². The van der Waals surface area contributed by atoms with Gasteiger partial charge in [0.2, 0.25) is 0 Å². The lowest BCUT2D eigenvalue weighted by Crippen LogP contribution is -2.25. The van der Waals surface area contributed by atoms with Gasteiger partial charge < -0.3 is 15.3 Å². The van der Waals surface area contributed by atoms with E-state index >= 15 is 0 Å². The third kappa shape index (κ3) is 3.41. The molecule has 2 unspecified atom stereocenters. The highest BCUT2D eigenvalue weighted by molar-refractivity contribution is 5.67. The first-order chi connectivity index (χ1) is 8.23. The van der Waals surface area contributed by atoms with Gasteiger partial charge in [0.15, 0.2) is 0 Å². The molecule has 2 atom stereocenters. The van der Waals surface area contributed by atoms with Gasteiger partial charge in [-0.2, -0.15) is 13.2 Å². The van der Waals surface area contributed by atoms with E-state index in [0.717, 1.165) is 18.3 Å². The van der Waals surface area contributed by atoms with Crippen LogP contribution in [0.3, 0.4) is 0 Å². The zero-order valence-electron chi connectivity index (χ0n) is 8.92. The highest BCUT2D eigenvalue weighted by Gasteiger charge is 2.38. The number of hydrogen-bond acceptors (Lipinski definition) is 4. The number of pyridine rings is 1. The number of carboxylic acid groups (broad SMARTS) is 1. The summed E-state index contributed by atoms with van der Waals surface area (Å²) in [5.41, 5.74) is -2.00. The Kier molecular flexibility index (Phi) is 4.25. The molecule has 0 aliphatic heterocycles. The van der Waals surface area contributed by atoms with Crippen molar-refractivity contribution in [3.8, 4) is 0 Å². The molecule has 0 fully saturated rings. The molecule has 8 heteroatoms. The van der Waals surface area contributed by atoms with E-state index < -0.39 is 42.0 Å². The zero-order valence-corrected chi connectivity index (χ0v) is 8.92. The highest BCUT2D eigenvalue weighted by Crippen LogP contribution is 2.34. The normalized spacial score (nSPS) is 15.2. The van der Waals surface area contributed by atoms with Crippen molar-refractivity contribution in [3.63, 3.8) is 0 Å². The Hall–Kier alpha value is -1.67. The number of carbonyl (C=O) groups is 1. The summed E-state index contributed by atoms with van der Waals surface area (Å²) in [7, 11) is 0. The van der Waals surface area contributed by atoms with Gasteiger partial charge in [-0.1, -0.05) is 6.07 Å². The molecule has 0 radical (unpaired) electrons. The number of carboxylic acids is 1. The number of alkyl halides is 3. The van der Waals surface area contributed by atoms with E-state index in [2.05, 4.69) is 4.98 Å². The van der Waals surface area contributed by atoms with Crippen LogP contribution in [-0.2, 0) is 11.0 Å². The number of aliphatic carboxylic acids is 1. The lowest BCUT2D eigenvalue weighted by molar-refractivity contribution is -0.144. The maximum atomic E-state index is 12.6. The molecular weight excluding hydrogens is 255 g/mol. The van der Waals surface area contributed by atoms with Crippen LogP contribution in [0.25, 0.3) is 0 Å². The fraction of sp³-hybridized carbons (Fsp3) is 0.400.